The monoisotopic (exact) mass is 342 g/mol. The third-order valence-corrected chi connectivity index (χ3v) is 4.82. The number of ether oxygens (including phenoxy) is 1. The fraction of sp³-hybridized carbons (Fsp3) is 0.526. The van der Waals surface area contributed by atoms with Gasteiger partial charge in [0.2, 0.25) is 5.91 Å². The van der Waals surface area contributed by atoms with Gasteiger partial charge in [-0.05, 0) is 18.4 Å². The van der Waals surface area contributed by atoms with E-state index in [-0.39, 0.29) is 11.8 Å². The van der Waals surface area contributed by atoms with Crippen molar-refractivity contribution < 1.29 is 9.53 Å². The molecule has 1 aromatic carbocycles. The normalized spacial score (nSPS) is 16.8. The molecule has 1 aliphatic rings. The Bertz CT molecular complexity index is 678. The lowest BCUT2D eigenvalue weighted by atomic mass is 9.95. The molecule has 1 aromatic heterocycles. The van der Waals surface area contributed by atoms with Crippen molar-refractivity contribution in [3.63, 3.8) is 0 Å². The first kappa shape index (κ1) is 17.6. The molecule has 1 saturated heterocycles. The van der Waals surface area contributed by atoms with E-state index in [1.807, 2.05) is 53.8 Å². The Hall–Kier alpha value is -2.21. The van der Waals surface area contributed by atoms with Gasteiger partial charge in [-0.3, -0.25) is 4.79 Å². The summed E-state index contributed by atoms with van der Waals surface area (Å²) >= 11 is 0. The number of likely N-dealkylation sites (tertiary alicyclic amines) is 1. The summed E-state index contributed by atoms with van der Waals surface area (Å²) in [4.78, 5) is 14.6. The van der Waals surface area contributed by atoms with Crippen molar-refractivity contribution in [1.29, 1.82) is 0 Å². The number of hydrogen-bond acceptors (Lipinski definition) is 4. The zero-order chi connectivity index (χ0) is 17.6. The number of carbonyl (C=O) groups excluding carboxylic acids is 1. The lowest BCUT2D eigenvalue weighted by Crippen LogP contribution is -2.42. The summed E-state index contributed by atoms with van der Waals surface area (Å²) in [5.74, 6) is 1.48. The molecule has 1 amide bonds. The van der Waals surface area contributed by atoms with Crippen molar-refractivity contribution in [2.45, 2.75) is 32.3 Å². The molecule has 0 radical (unpaired) electrons. The average molecular weight is 342 g/mol. The molecule has 3 rings (SSSR count). The number of hydrogen-bond donors (Lipinski definition) is 0. The Balaban J connectivity index is 1.43. The molecule has 0 spiro atoms. The predicted octanol–water partition coefficient (Wildman–Crippen LogP) is 2.37. The first-order valence-electron chi connectivity index (χ1n) is 8.89. The van der Waals surface area contributed by atoms with Crippen LogP contribution < -0.4 is 0 Å². The van der Waals surface area contributed by atoms with Crippen LogP contribution in [-0.2, 0) is 23.2 Å². The number of aromatic nitrogens is 3. The van der Waals surface area contributed by atoms with E-state index in [1.165, 1.54) is 0 Å². The van der Waals surface area contributed by atoms with Crippen LogP contribution in [0.15, 0.2) is 36.7 Å². The van der Waals surface area contributed by atoms with Crippen molar-refractivity contribution in [3.8, 4) is 0 Å². The number of rotatable bonds is 6. The second-order valence-corrected chi connectivity index (χ2v) is 6.80. The summed E-state index contributed by atoms with van der Waals surface area (Å²) in [6.07, 6.45) is 3.62. The highest BCUT2D eigenvalue weighted by Gasteiger charge is 2.28. The minimum Gasteiger partial charge on any atom is -0.376 e. The highest BCUT2D eigenvalue weighted by molar-refractivity contribution is 5.78. The molecule has 25 heavy (non-hydrogen) atoms. The molecular weight excluding hydrogens is 316 g/mol. The lowest BCUT2D eigenvalue weighted by Gasteiger charge is -2.33. The lowest BCUT2D eigenvalue weighted by molar-refractivity contribution is -0.138. The van der Waals surface area contributed by atoms with E-state index in [0.29, 0.717) is 19.1 Å². The molecular formula is C19H26N4O2. The second kappa shape index (κ2) is 8.25. The van der Waals surface area contributed by atoms with Gasteiger partial charge >= 0.3 is 0 Å². The van der Waals surface area contributed by atoms with Crippen LogP contribution in [0, 0.1) is 5.92 Å². The van der Waals surface area contributed by atoms with Gasteiger partial charge in [0.15, 0.2) is 0 Å². The molecule has 6 nitrogen and oxygen atoms in total. The van der Waals surface area contributed by atoms with Crippen LogP contribution in [-0.4, -0.2) is 45.3 Å². The molecule has 1 atom stereocenters. The predicted molar refractivity (Wildman–Crippen MR) is 94.8 cm³/mol. The molecule has 0 N–H and O–H groups in total. The Kier molecular flexibility index (Phi) is 5.81. The van der Waals surface area contributed by atoms with Crippen LogP contribution in [0.3, 0.4) is 0 Å². The third-order valence-electron chi connectivity index (χ3n) is 4.82. The van der Waals surface area contributed by atoms with Crippen LogP contribution in [0.5, 0.6) is 0 Å². The van der Waals surface area contributed by atoms with E-state index in [2.05, 4.69) is 10.2 Å². The van der Waals surface area contributed by atoms with Crippen LogP contribution in [0.25, 0.3) is 0 Å². The molecule has 0 bridgehead atoms. The van der Waals surface area contributed by atoms with Gasteiger partial charge in [0.05, 0.1) is 19.1 Å². The van der Waals surface area contributed by atoms with Crippen molar-refractivity contribution in [1.82, 2.24) is 19.7 Å². The largest absolute Gasteiger partial charge is 0.376 e. The molecule has 2 heterocycles. The van der Waals surface area contributed by atoms with Gasteiger partial charge in [-0.25, -0.2) is 0 Å². The minimum absolute atomic E-state index is 0.116. The summed E-state index contributed by atoms with van der Waals surface area (Å²) in [5, 5.41) is 8.16. The fourth-order valence-corrected chi connectivity index (χ4v) is 3.33. The summed E-state index contributed by atoms with van der Waals surface area (Å²) in [7, 11) is 1.97. The zero-order valence-electron chi connectivity index (χ0n) is 15.0. The molecule has 2 aromatic rings. The summed E-state index contributed by atoms with van der Waals surface area (Å²) in [6.45, 7) is 4.50. The maximum Gasteiger partial charge on any atom is 0.227 e. The fourth-order valence-electron chi connectivity index (χ4n) is 3.33. The van der Waals surface area contributed by atoms with Crippen molar-refractivity contribution in [2.24, 2.45) is 13.0 Å². The van der Waals surface area contributed by atoms with Crippen LogP contribution in [0.4, 0.5) is 0 Å². The van der Waals surface area contributed by atoms with Crippen molar-refractivity contribution in [2.75, 3.05) is 19.7 Å². The number of aryl methyl sites for hydroxylation is 1. The number of nitrogens with zero attached hydrogens (tertiary/aromatic N) is 4. The van der Waals surface area contributed by atoms with E-state index in [4.69, 9.17) is 4.74 Å². The third kappa shape index (κ3) is 4.45. The summed E-state index contributed by atoms with van der Waals surface area (Å²) in [5.41, 5.74) is 1.13. The molecule has 1 fully saturated rings. The first-order valence-corrected chi connectivity index (χ1v) is 8.89. The maximum atomic E-state index is 12.6. The van der Waals surface area contributed by atoms with Gasteiger partial charge in [0, 0.05) is 26.1 Å². The number of amides is 1. The summed E-state index contributed by atoms with van der Waals surface area (Å²) in [6, 6.07) is 10.0. The first-order chi connectivity index (χ1) is 12.1. The Morgan fingerprint density at radius 3 is 2.64 bits per heavy atom. The quantitative estimate of drug-likeness (QED) is 0.809. The molecule has 0 saturated carbocycles. The highest BCUT2D eigenvalue weighted by Crippen LogP contribution is 2.26. The zero-order valence-corrected chi connectivity index (χ0v) is 15.0. The standard InChI is InChI=1S/C19H26N4O2/c1-15(12-25-13-16-6-4-3-5-7-16)19(24)23-10-8-17(9-11-23)18-21-20-14-22(18)2/h3-7,14-15,17H,8-13H2,1-2H3. The van der Waals surface area contributed by atoms with Gasteiger partial charge in [-0.1, -0.05) is 37.3 Å². The Morgan fingerprint density at radius 1 is 1.28 bits per heavy atom. The van der Waals surface area contributed by atoms with Gasteiger partial charge in [0.1, 0.15) is 12.2 Å². The van der Waals surface area contributed by atoms with E-state index in [9.17, 15) is 4.79 Å². The molecule has 1 aliphatic heterocycles. The Morgan fingerprint density at radius 2 is 2.00 bits per heavy atom. The SMILES string of the molecule is CC(COCc1ccccc1)C(=O)N1CCC(c2nncn2C)CC1. The Labute approximate surface area is 148 Å². The maximum absolute atomic E-state index is 12.6. The van der Waals surface area contributed by atoms with Gasteiger partial charge in [-0.15, -0.1) is 10.2 Å². The number of piperidine rings is 1. The molecule has 134 valence electrons. The molecule has 1 unspecified atom stereocenters. The van der Waals surface area contributed by atoms with Crippen LogP contribution in [0.1, 0.15) is 37.1 Å². The van der Waals surface area contributed by atoms with E-state index < -0.39 is 0 Å². The molecule has 6 heteroatoms. The van der Waals surface area contributed by atoms with Crippen molar-refractivity contribution >= 4 is 5.91 Å². The van der Waals surface area contributed by atoms with Crippen LogP contribution >= 0.6 is 0 Å². The highest BCUT2D eigenvalue weighted by atomic mass is 16.5. The van der Waals surface area contributed by atoms with E-state index in [1.54, 1.807) is 6.33 Å². The van der Waals surface area contributed by atoms with Gasteiger partial charge in [-0.2, -0.15) is 0 Å². The van der Waals surface area contributed by atoms with Gasteiger partial charge < -0.3 is 14.2 Å². The minimum atomic E-state index is -0.116. The second-order valence-electron chi connectivity index (χ2n) is 6.80. The van der Waals surface area contributed by atoms with Gasteiger partial charge in [0.25, 0.3) is 0 Å². The summed E-state index contributed by atoms with van der Waals surface area (Å²) < 4.78 is 7.69. The average Bonchev–Trinajstić information content (AvgIpc) is 3.08. The topological polar surface area (TPSA) is 60.2 Å². The van der Waals surface area contributed by atoms with Crippen molar-refractivity contribution in [3.05, 3.63) is 48.0 Å². The number of benzene rings is 1. The van der Waals surface area contributed by atoms with Crippen LogP contribution in [0.2, 0.25) is 0 Å². The van der Waals surface area contributed by atoms with E-state index >= 15 is 0 Å². The molecule has 0 aliphatic carbocycles. The van der Waals surface area contributed by atoms with E-state index in [0.717, 1.165) is 37.3 Å². The number of carbonyl (C=O) groups is 1. The smallest absolute Gasteiger partial charge is 0.227 e.